The molecule has 0 saturated carbocycles. The zero-order valence-electron chi connectivity index (χ0n) is 9.34. The number of rotatable bonds is 3. The molecule has 2 rings (SSSR count). The highest BCUT2D eigenvalue weighted by Gasteiger charge is 2.14. The van der Waals surface area contributed by atoms with E-state index in [1.54, 1.807) is 6.20 Å². The number of pyridine rings is 1. The van der Waals surface area contributed by atoms with E-state index in [9.17, 15) is 5.11 Å². The van der Waals surface area contributed by atoms with Crippen LogP contribution in [0.2, 0.25) is 0 Å². The molecule has 2 aromatic heterocycles. The summed E-state index contributed by atoms with van der Waals surface area (Å²) < 4.78 is 0. The summed E-state index contributed by atoms with van der Waals surface area (Å²) in [7, 11) is 0. The van der Waals surface area contributed by atoms with Crippen LogP contribution >= 0.6 is 11.3 Å². The molecule has 0 aliphatic rings. The highest BCUT2D eigenvalue weighted by molar-refractivity contribution is 7.15. The largest absolute Gasteiger partial charge is 0.391 e. The Labute approximate surface area is 98.8 Å². The summed E-state index contributed by atoms with van der Waals surface area (Å²) >= 11 is 1.52. The Hall–Kier alpha value is -1.26. The maximum absolute atomic E-state index is 9.28. The van der Waals surface area contributed by atoms with Crippen LogP contribution in [0.4, 0.5) is 0 Å². The van der Waals surface area contributed by atoms with Crippen LogP contribution < -0.4 is 0 Å². The van der Waals surface area contributed by atoms with Crippen LogP contribution in [-0.2, 0) is 6.61 Å². The molecule has 0 aliphatic carbocycles. The lowest BCUT2D eigenvalue weighted by molar-refractivity contribution is 0.283. The first-order valence-electron chi connectivity index (χ1n) is 5.24. The molecule has 0 amide bonds. The third-order valence-corrected chi connectivity index (χ3v) is 3.38. The predicted molar refractivity (Wildman–Crippen MR) is 65.4 cm³/mol. The summed E-state index contributed by atoms with van der Waals surface area (Å²) in [6.07, 6.45) is 1.75. The van der Waals surface area contributed by atoms with E-state index in [0.29, 0.717) is 5.92 Å². The van der Waals surface area contributed by atoms with Crippen LogP contribution in [0.25, 0.3) is 10.7 Å². The van der Waals surface area contributed by atoms with Gasteiger partial charge in [0.15, 0.2) is 0 Å². The van der Waals surface area contributed by atoms with Crippen molar-refractivity contribution in [2.75, 3.05) is 0 Å². The fourth-order valence-corrected chi connectivity index (χ4v) is 2.58. The van der Waals surface area contributed by atoms with E-state index >= 15 is 0 Å². The van der Waals surface area contributed by atoms with Gasteiger partial charge in [-0.2, -0.15) is 0 Å². The highest BCUT2D eigenvalue weighted by Crippen LogP contribution is 2.30. The molecule has 0 saturated heterocycles. The molecular formula is C12H14N2OS. The van der Waals surface area contributed by atoms with Crippen molar-refractivity contribution >= 4 is 11.3 Å². The first kappa shape index (κ1) is 11.2. The van der Waals surface area contributed by atoms with Crippen molar-refractivity contribution in [3.8, 4) is 10.7 Å². The zero-order chi connectivity index (χ0) is 11.5. The Kier molecular flexibility index (Phi) is 3.31. The van der Waals surface area contributed by atoms with Crippen molar-refractivity contribution in [1.82, 2.24) is 9.97 Å². The van der Waals surface area contributed by atoms with Crippen LogP contribution in [0, 0.1) is 0 Å². The Morgan fingerprint density at radius 2 is 2.19 bits per heavy atom. The molecule has 4 heteroatoms. The minimum Gasteiger partial charge on any atom is -0.391 e. The van der Waals surface area contributed by atoms with Crippen molar-refractivity contribution in [1.29, 1.82) is 0 Å². The monoisotopic (exact) mass is 234 g/mol. The van der Waals surface area contributed by atoms with Gasteiger partial charge < -0.3 is 5.11 Å². The van der Waals surface area contributed by atoms with Gasteiger partial charge in [-0.3, -0.25) is 4.98 Å². The first-order valence-corrected chi connectivity index (χ1v) is 6.06. The Balaban J connectivity index is 2.44. The molecular weight excluding hydrogens is 220 g/mol. The minimum atomic E-state index is 0.0536. The van der Waals surface area contributed by atoms with E-state index in [2.05, 4.69) is 23.8 Å². The topological polar surface area (TPSA) is 46.0 Å². The minimum absolute atomic E-state index is 0.0536. The molecule has 0 fully saturated rings. The molecule has 0 aliphatic heterocycles. The van der Waals surface area contributed by atoms with E-state index in [1.165, 1.54) is 11.3 Å². The van der Waals surface area contributed by atoms with Crippen molar-refractivity contribution in [3.05, 3.63) is 35.0 Å². The summed E-state index contributed by atoms with van der Waals surface area (Å²) in [5, 5.41) is 10.2. The average molecular weight is 234 g/mol. The summed E-state index contributed by atoms with van der Waals surface area (Å²) in [6, 6.07) is 5.76. The van der Waals surface area contributed by atoms with E-state index in [4.69, 9.17) is 0 Å². The SMILES string of the molecule is CC(C)c1nc(-c2ccccn2)sc1CO. The second-order valence-corrected chi connectivity index (χ2v) is 4.94. The molecule has 0 aromatic carbocycles. The second-order valence-electron chi connectivity index (χ2n) is 3.86. The molecule has 84 valence electrons. The molecule has 0 radical (unpaired) electrons. The molecule has 0 atom stereocenters. The van der Waals surface area contributed by atoms with Crippen LogP contribution in [0.5, 0.6) is 0 Å². The van der Waals surface area contributed by atoms with E-state index in [0.717, 1.165) is 21.3 Å². The predicted octanol–water partition coefficient (Wildman–Crippen LogP) is 2.82. The van der Waals surface area contributed by atoms with Gasteiger partial charge >= 0.3 is 0 Å². The van der Waals surface area contributed by atoms with Gasteiger partial charge in [-0.1, -0.05) is 19.9 Å². The van der Waals surface area contributed by atoms with Gasteiger partial charge in [0.05, 0.1) is 22.9 Å². The third kappa shape index (κ3) is 2.13. The van der Waals surface area contributed by atoms with Crippen LogP contribution in [0.15, 0.2) is 24.4 Å². The molecule has 2 heterocycles. The van der Waals surface area contributed by atoms with E-state index < -0.39 is 0 Å². The molecule has 3 nitrogen and oxygen atoms in total. The maximum atomic E-state index is 9.28. The number of aromatic nitrogens is 2. The Morgan fingerprint density at radius 1 is 1.38 bits per heavy atom. The molecule has 16 heavy (non-hydrogen) atoms. The second kappa shape index (κ2) is 4.72. The molecule has 0 bridgehead atoms. The third-order valence-electron chi connectivity index (χ3n) is 2.30. The number of thiazole rings is 1. The lowest BCUT2D eigenvalue weighted by atomic mass is 10.1. The number of aliphatic hydroxyl groups excluding tert-OH is 1. The Bertz CT molecular complexity index is 465. The van der Waals surface area contributed by atoms with Crippen LogP contribution in [0.1, 0.15) is 30.3 Å². The van der Waals surface area contributed by atoms with Gasteiger partial charge in [0, 0.05) is 6.20 Å². The normalized spacial score (nSPS) is 11.0. The average Bonchev–Trinajstić information content (AvgIpc) is 2.74. The standard InChI is InChI=1S/C12H14N2OS/c1-8(2)11-10(7-15)16-12(14-11)9-5-3-4-6-13-9/h3-6,8,15H,7H2,1-2H3. The quantitative estimate of drug-likeness (QED) is 0.888. The number of aliphatic hydroxyl groups is 1. The summed E-state index contributed by atoms with van der Waals surface area (Å²) in [6.45, 7) is 4.21. The van der Waals surface area contributed by atoms with E-state index in [1.807, 2.05) is 18.2 Å². The van der Waals surface area contributed by atoms with Gasteiger partial charge in [0.25, 0.3) is 0 Å². The van der Waals surface area contributed by atoms with Gasteiger partial charge in [-0.05, 0) is 18.1 Å². The number of hydrogen-bond donors (Lipinski definition) is 1. The summed E-state index contributed by atoms with van der Waals surface area (Å²) in [5.41, 5.74) is 1.85. The molecule has 0 unspecified atom stereocenters. The lowest BCUT2D eigenvalue weighted by Crippen LogP contribution is -1.93. The fourth-order valence-electron chi connectivity index (χ4n) is 1.53. The summed E-state index contributed by atoms with van der Waals surface area (Å²) in [5.74, 6) is 0.330. The fraction of sp³-hybridized carbons (Fsp3) is 0.333. The lowest BCUT2D eigenvalue weighted by Gasteiger charge is -2.01. The molecule has 1 N–H and O–H groups in total. The number of nitrogens with zero attached hydrogens (tertiary/aromatic N) is 2. The maximum Gasteiger partial charge on any atom is 0.142 e. The van der Waals surface area contributed by atoms with Gasteiger partial charge in [-0.15, -0.1) is 11.3 Å². The van der Waals surface area contributed by atoms with Crippen molar-refractivity contribution in [3.63, 3.8) is 0 Å². The van der Waals surface area contributed by atoms with Crippen molar-refractivity contribution < 1.29 is 5.11 Å². The van der Waals surface area contributed by atoms with Crippen LogP contribution in [0.3, 0.4) is 0 Å². The molecule has 0 spiro atoms. The van der Waals surface area contributed by atoms with Crippen molar-refractivity contribution in [2.24, 2.45) is 0 Å². The van der Waals surface area contributed by atoms with Gasteiger partial charge in [0.1, 0.15) is 5.01 Å². The Morgan fingerprint density at radius 3 is 2.69 bits per heavy atom. The van der Waals surface area contributed by atoms with Gasteiger partial charge in [-0.25, -0.2) is 4.98 Å². The van der Waals surface area contributed by atoms with Gasteiger partial charge in [0.2, 0.25) is 0 Å². The number of hydrogen-bond acceptors (Lipinski definition) is 4. The van der Waals surface area contributed by atoms with Crippen molar-refractivity contribution in [2.45, 2.75) is 26.4 Å². The first-order chi connectivity index (χ1) is 7.72. The smallest absolute Gasteiger partial charge is 0.142 e. The summed E-state index contributed by atoms with van der Waals surface area (Å²) in [4.78, 5) is 9.75. The van der Waals surface area contributed by atoms with E-state index in [-0.39, 0.29) is 6.61 Å². The zero-order valence-corrected chi connectivity index (χ0v) is 10.2. The van der Waals surface area contributed by atoms with Crippen LogP contribution in [-0.4, -0.2) is 15.1 Å². The highest BCUT2D eigenvalue weighted by atomic mass is 32.1. The molecule has 2 aromatic rings.